The molecule has 1 aliphatic rings. The van der Waals surface area contributed by atoms with Gasteiger partial charge in [0.15, 0.2) is 23.3 Å². The second-order valence-corrected chi connectivity index (χ2v) is 7.41. The molecule has 0 unspecified atom stereocenters. The molecule has 0 N–H and O–H groups in total. The van der Waals surface area contributed by atoms with Crippen LogP contribution in [0.5, 0.6) is 5.75 Å². The Labute approximate surface area is 196 Å². The van der Waals surface area contributed by atoms with Gasteiger partial charge in [0.05, 0.1) is 22.9 Å². The summed E-state index contributed by atoms with van der Waals surface area (Å²) < 4.78 is 74.7. The Morgan fingerprint density at radius 1 is 0.971 bits per heavy atom. The van der Waals surface area contributed by atoms with Crippen LogP contribution in [-0.4, -0.2) is 11.6 Å². The summed E-state index contributed by atoms with van der Waals surface area (Å²) in [5.74, 6) is -11.7. The van der Waals surface area contributed by atoms with Crippen molar-refractivity contribution in [2.75, 3.05) is 5.01 Å². The molecule has 0 radical (unpaired) electrons. The molecule has 176 valence electrons. The Bertz CT molecular complexity index is 1430. The molecular formula is C25H14F5N3O2. The first-order valence-corrected chi connectivity index (χ1v) is 10.1. The minimum Gasteiger partial charge on any atom is -0.489 e. The van der Waals surface area contributed by atoms with Crippen molar-refractivity contribution >= 4 is 23.4 Å². The Hall–Kier alpha value is -4.52. The lowest BCUT2D eigenvalue weighted by atomic mass is 10.1. The van der Waals surface area contributed by atoms with Crippen LogP contribution in [0.4, 0.5) is 27.6 Å². The Balaban J connectivity index is 1.61. The number of carbonyl (C=O) groups is 1. The maximum absolute atomic E-state index is 14.2. The molecular weight excluding hydrogens is 469 g/mol. The predicted molar refractivity (Wildman–Crippen MR) is 117 cm³/mol. The summed E-state index contributed by atoms with van der Waals surface area (Å²) >= 11 is 0. The predicted octanol–water partition coefficient (Wildman–Crippen LogP) is 5.64. The number of hydrogen-bond donors (Lipinski definition) is 0. The third kappa shape index (κ3) is 4.36. The molecule has 0 saturated heterocycles. The Morgan fingerprint density at radius 3 is 2.31 bits per heavy atom. The zero-order valence-corrected chi connectivity index (χ0v) is 18.0. The van der Waals surface area contributed by atoms with Crippen LogP contribution in [0, 0.1) is 40.4 Å². The molecule has 3 aromatic rings. The van der Waals surface area contributed by atoms with E-state index < -0.39 is 40.7 Å². The van der Waals surface area contributed by atoms with Crippen molar-refractivity contribution in [3.05, 3.63) is 99.9 Å². The fourth-order valence-corrected chi connectivity index (χ4v) is 3.39. The number of rotatable bonds is 5. The van der Waals surface area contributed by atoms with E-state index >= 15 is 0 Å². The first-order valence-electron chi connectivity index (χ1n) is 10.1. The lowest BCUT2D eigenvalue weighted by molar-refractivity contribution is -0.114. The van der Waals surface area contributed by atoms with Gasteiger partial charge in [-0.05, 0) is 36.8 Å². The second kappa shape index (κ2) is 9.38. The molecule has 4 rings (SSSR count). The van der Waals surface area contributed by atoms with E-state index in [1.54, 1.807) is 48.5 Å². The van der Waals surface area contributed by atoms with Gasteiger partial charge in [0.1, 0.15) is 18.0 Å². The summed E-state index contributed by atoms with van der Waals surface area (Å²) in [5.41, 5.74) is 0.0262. The lowest BCUT2D eigenvalue weighted by Crippen LogP contribution is -2.25. The van der Waals surface area contributed by atoms with Crippen LogP contribution in [0.15, 0.2) is 59.2 Å². The molecule has 5 nitrogen and oxygen atoms in total. The summed E-state index contributed by atoms with van der Waals surface area (Å²) in [7, 11) is 0. The number of nitrogens with zero attached hydrogens (tertiary/aromatic N) is 3. The van der Waals surface area contributed by atoms with Crippen LogP contribution >= 0.6 is 0 Å². The molecule has 0 aromatic heterocycles. The van der Waals surface area contributed by atoms with E-state index in [2.05, 4.69) is 11.2 Å². The average Bonchev–Trinajstić information content (AvgIpc) is 3.13. The van der Waals surface area contributed by atoms with E-state index in [1.165, 1.54) is 13.0 Å². The van der Waals surface area contributed by atoms with Gasteiger partial charge < -0.3 is 4.74 Å². The topological polar surface area (TPSA) is 65.7 Å². The average molecular weight is 483 g/mol. The highest BCUT2D eigenvalue weighted by Gasteiger charge is 2.37. The summed E-state index contributed by atoms with van der Waals surface area (Å²) in [5, 5.41) is 13.0. The van der Waals surface area contributed by atoms with Crippen molar-refractivity contribution in [3.8, 4) is 11.8 Å². The lowest BCUT2D eigenvalue weighted by Gasteiger charge is -2.15. The van der Waals surface area contributed by atoms with Crippen LogP contribution in [0.2, 0.25) is 0 Å². The van der Waals surface area contributed by atoms with E-state index in [0.29, 0.717) is 22.4 Å². The first kappa shape index (κ1) is 23.6. The van der Waals surface area contributed by atoms with Gasteiger partial charge in [-0.2, -0.15) is 15.4 Å². The monoisotopic (exact) mass is 483 g/mol. The third-order valence-electron chi connectivity index (χ3n) is 5.16. The van der Waals surface area contributed by atoms with Crippen molar-refractivity contribution in [2.45, 2.75) is 13.5 Å². The van der Waals surface area contributed by atoms with Gasteiger partial charge in [-0.25, -0.2) is 22.0 Å². The Morgan fingerprint density at radius 2 is 1.63 bits per heavy atom. The number of benzene rings is 3. The quantitative estimate of drug-likeness (QED) is 0.204. The van der Waals surface area contributed by atoms with Gasteiger partial charge in [-0.1, -0.05) is 30.3 Å². The molecule has 0 spiro atoms. The number of carbonyl (C=O) groups excluding carboxylic acids is 1. The third-order valence-corrected chi connectivity index (χ3v) is 5.16. The molecule has 0 saturated carbocycles. The molecule has 3 aromatic carbocycles. The number of anilines is 1. The largest absolute Gasteiger partial charge is 0.489 e. The van der Waals surface area contributed by atoms with E-state index in [1.807, 2.05) is 0 Å². The van der Waals surface area contributed by atoms with Gasteiger partial charge in [0.2, 0.25) is 5.82 Å². The zero-order valence-electron chi connectivity index (χ0n) is 18.0. The fraction of sp³-hybridized carbons (Fsp3) is 0.0800. The first-order chi connectivity index (χ1) is 16.7. The smallest absolute Gasteiger partial charge is 0.280 e. The van der Waals surface area contributed by atoms with Crippen molar-refractivity contribution < 1.29 is 31.5 Å². The zero-order chi connectivity index (χ0) is 25.3. The maximum Gasteiger partial charge on any atom is 0.280 e. The molecule has 1 aliphatic heterocycles. The number of halogens is 5. The number of ether oxygens (including phenoxy) is 1. The van der Waals surface area contributed by atoms with E-state index in [0.717, 1.165) is 0 Å². The molecule has 0 bridgehead atoms. The summed E-state index contributed by atoms with van der Waals surface area (Å²) in [6.45, 7) is 1.46. The second-order valence-electron chi connectivity index (χ2n) is 7.41. The van der Waals surface area contributed by atoms with Gasteiger partial charge in [0, 0.05) is 5.56 Å². The Kier molecular flexibility index (Phi) is 6.34. The van der Waals surface area contributed by atoms with Gasteiger partial charge in [-0.15, -0.1) is 0 Å². The minimum absolute atomic E-state index is 0.00760. The van der Waals surface area contributed by atoms with Crippen LogP contribution in [-0.2, 0) is 11.4 Å². The summed E-state index contributed by atoms with van der Waals surface area (Å²) in [6.07, 6.45) is 1.35. The van der Waals surface area contributed by atoms with E-state index in [9.17, 15) is 32.0 Å². The SMILES string of the molecule is CC1=NN(c2c(F)c(F)c(F)c(F)c2F)C(=O)/C1=C\c1cccc(OCc2ccccc2C#N)c1. The molecule has 0 aliphatic carbocycles. The van der Waals surface area contributed by atoms with Crippen LogP contribution in [0.3, 0.4) is 0 Å². The van der Waals surface area contributed by atoms with Crippen molar-refractivity contribution in [1.29, 1.82) is 5.26 Å². The summed E-state index contributed by atoms with van der Waals surface area (Å²) in [6, 6.07) is 15.4. The van der Waals surface area contributed by atoms with Crippen LogP contribution in [0.25, 0.3) is 6.08 Å². The normalized spacial score (nSPS) is 14.3. The summed E-state index contributed by atoms with van der Waals surface area (Å²) in [4.78, 5) is 12.8. The highest BCUT2D eigenvalue weighted by atomic mass is 19.2. The van der Waals surface area contributed by atoms with Crippen molar-refractivity contribution in [2.24, 2.45) is 5.10 Å². The molecule has 1 heterocycles. The fourth-order valence-electron chi connectivity index (χ4n) is 3.39. The van der Waals surface area contributed by atoms with Gasteiger partial charge in [-0.3, -0.25) is 4.79 Å². The highest BCUT2D eigenvalue weighted by Crippen LogP contribution is 2.34. The molecule has 10 heteroatoms. The number of hydrogen-bond acceptors (Lipinski definition) is 4. The van der Waals surface area contributed by atoms with Crippen LogP contribution in [0.1, 0.15) is 23.6 Å². The number of amides is 1. The maximum atomic E-state index is 14.2. The van der Waals surface area contributed by atoms with E-state index in [-0.39, 0.29) is 22.9 Å². The molecule has 0 atom stereocenters. The van der Waals surface area contributed by atoms with Gasteiger partial charge in [0.25, 0.3) is 5.91 Å². The molecule has 1 amide bonds. The van der Waals surface area contributed by atoms with Gasteiger partial charge >= 0.3 is 0 Å². The number of hydrazone groups is 1. The molecule has 0 fully saturated rings. The van der Waals surface area contributed by atoms with Crippen molar-refractivity contribution in [3.63, 3.8) is 0 Å². The van der Waals surface area contributed by atoms with Crippen molar-refractivity contribution in [1.82, 2.24) is 0 Å². The standard InChI is InChI=1S/C25H14F5N3O2/c1-13-18(25(34)33(32-13)24-22(29)20(27)19(26)21(28)23(24)30)10-14-5-4-8-17(9-14)35-12-16-7-3-2-6-15(16)11-31/h2-10H,12H2,1H3/b18-10-. The number of nitriles is 1. The van der Waals surface area contributed by atoms with Crippen LogP contribution < -0.4 is 9.75 Å². The van der Waals surface area contributed by atoms with E-state index in [4.69, 9.17) is 4.74 Å². The highest BCUT2D eigenvalue weighted by molar-refractivity contribution is 6.32. The minimum atomic E-state index is -2.33. The molecule has 35 heavy (non-hydrogen) atoms.